The summed E-state index contributed by atoms with van der Waals surface area (Å²) in [6.45, 7) is 7.11. The maximum Gasteiger partial charge on any atom is 0.234 e. The molecule has 1 heterocycles. The number of likely N-dealkylation sites (tertiary alicyclic amines) is 1. The molecule has 22 heavy (non-hydrogen) atoms. The van der Waals surface area contributed by atoms with Crippen LogP contribution >= 0.6 is 12.4 Å². The lowest BCUT2D eigenvalue weighted by Crippen LogP contribution is -2.45. The molecule has 0 bridgehead atoms. The Morgan fingerprint density at radius 3 is 2.27 bits per heavy atom. The molecule has 1 aliphatic carbocycles. The number of hydrogen-bond donors (Lipinski definition) is 2. The largest absolute Gasteiger partial charge is 0.352 e. The van der Waals surface area contributed by atoms with Crippen molar-refractivity contribution in [2.45, 2.75) is 64.3 Å². The number of amides is 1. The molecule has 1 saturated carbocycles. The van der Waals surface area contributed by atoms with Crippen LogP contribution in [0.3, 0.4) is 0 Å². The highest BCUT2D eigenvalue weighted by Crippen LogP contribution is 2.18. The Kier molecular flexibility index (Phi) is 10.1. The Labute approximate surface area is 142 Å². The molecule has 0 unspecified atom stereocenters. The molecule has 2 aliphatic rings. The Morgan fingerprint density at radius 1 is 1.05 bits per heavy atom. The van der Waals surface area contributed by atoms with Gasteiger partial charge in [0.2, 0.25) is 5.91 Å². The summed E-state index contributed by atoms with van der Waals surface area (Å²) >= 11 is 0. The van der Waals surface area contributed by atoms with Gasteiger partial charge in [-0.3, -0.25) is 9.69 Å². The molecule has 0 atom stereocenters. The fourth-order valence-corrected chi connectivity index (χ4v) is 3.60. The lowest BCUT2D eigenvalue weighted by molar-refractivity contribution is -0.123. The smallest absolute Gasteiger partial charge is 0.234 e. The van der Waals surface area contributed by atoms with Crippen molar-refractivity contribution in [1.29, 1.82) is 0 Å². The quantitative estimate of drug-likeness (QED) is 0.735. The molecule has 0 aromatic heterocycles. The minimum Gasteiger partial charge on any atom is -0.352 e. The van der Waals surface area contributed by atoms with E-state index in [1.165, 1.54) is 51.4 Å². The molecule has 2 fully saturated rings. The van der Waals surface area contributed by atoms with Crippen LogP contribution in [-0.2, 0) is 4.79 Å². The summed E-state index contributed by atoms with van der Waals surface area (Å²) < 4.78 is 0. The van der Waals surface area contributed by atoms with Gasteiger partial charge in [-0.1, -0.05) is 32.6 Å². The number of piperidine rings is 1. The lowest BCUT2D eigenvalue weighted by Gasteiger charge is -2.32. The predicted octanol–water partition coefficient (Wildman–Crippen LogP) is 2.57. The van der Waals surface area contributed by atoms with E-state index in [9.17, 15) is 4.79 Å². The Morgan fingerprint density at radius 2 is 1.68 bits per heavy atom. The van der Waals surface area contributed by atoms with Crippen molar-refractivity contribution in [1.82, 2.24) is 15.5 Å². The molecule has 0 spiro atoms. The van der Waals surface area contributed by atoms with E-state index in [2.05, 4.69) is 22.5 Å². The third-order valence-electron chi connectivity index (χ3n) is 4.98. The van der Waals surface area contributed by atoms with Crippen molar-refractivity contribution in [3.05, 3.63) is 0 Å². The van der Waals surface area contributed by atoms with E-state index >= 15 is 0 Å². The minimum atomic E-state index is 0. The van der Waals surface area contributed by atoms with Crippen LogP contribution in [0.15, 0.2) is 0 Å². The number of carbonyl (C=O) groups is 1. The van der Waals surface area contributed by atoms with Crippen molar-refractivity contribution < 1.29 is 4.79 Å². The number of halogens is 1. The lowest BCUT2D eigenvalue weighted by atomic mass is 9.97. The fourth-order valence-electron chi connectivity index (χ4n) is 3.60. The van der Waals surface area contributed by atoms with Crippen LogP contribution in [0.2, 0.25) is 0 Å². The molecular formula is C17H34ClN3O. The first-order valence-electron chi connectivity index (χ1n) is 9.00. The van der Waals surface area contributed by atoms with Crippen LogP contribution in [-0.4, -0.2) is 49.6 Å². The van der Waals surface area contributed by atoms with E-state index < -0.39 is 0 Å². The van der Waals surface area contributed by atoms with Crippen LogP contribution in [0.1, 0.15) is 58.3 Å². The van der Waals surface area contributed by atoms with Crippen molar-refractivity contribution in [3.8, 4) is 0 Å². The fraction of sp³-hybridized carbons (Fsp3) is 0.941. The molecule has 1 saturated heterocycles. The number of carbonyl (C=O) groups excluding carboxylic acids is 1. The predicted molar refractivity (Wildman–Crippen MR) is 94.6 cm³/mol. The average Bonchev–Trinajstić information content (AvgIpc) is 2.75. The van der Waals surface area contributed by atoms with Gasteiger partial charge in [0.05, 0.1) is 6.54 Å². The Balaban J connectivity index is 0.00000242. The summed E-state index contributed by atoms with van der Waals surface area (Å²) in [7, 11) is 0. The van der Waals surface area contributed by atoms with Gasteiger partial charge in [-0.2, -0.15) is 0 Å². The molecular weight excluding hydrogens is 298 g/mol. The van der Waals surface area contributed by atoms with Crippen molar-refractivity contribution >= 4 is 18.3 Å². The second-order valence-electron chi connectivity index (χ2n) is 6.78. The number of rotatable bonds is 6. The van der Waals surface area contributed by atoms with E-state index in [0.29, 0.717) is 12.6 Å². The van der Waals surface area contributed by atoms with Crippen molar-refractivity contribution in [2.24, 2.45) is 5.92 Å². The topological polar surface area (TPSA) is 44.4 Å². The molecule has 0 radical (unpaired) electrons. The van der Waals surface area contributed by atoms with Gasteiger partial charge in [-0.05, 0) is 57.8 Å². The standard InChI is InChI=1S/C17H33N3O.ClH/c1-2-18-13-15-9-11-20(12-10-15)14-17(21)19-16-7-5-3-4-6-8-16;/h15-16,18H,2-14H2,1H3,(H,19,21);1H. The zero-order valence-electron chi connectivity index (χ0n) is 14.1. The Hall–Kier alpha value is -0.320. The Bertz CT molecular complexity index is 298. The third-order valence-corrected chi connectivity index (χ3v) is 4.98. The SMILES string of the molecule is CCNCC1CCN(CC(=O)NC2CCCCCC2)CC1.Cl. The van der Waals surface area contributed by atoms with Gasteiger partial charge < -0.3 is 10.6 Å². The van der Waals surface area contributed by atoms with Crippen molar-refractivity contribution in [3.63, 3.8) is 0 Å². The van der Waals surface area contributed by atoms with Crippen LogP contribution in [0.4, 0.5) is 0 Å². The second-order valence-corrected chi connectivity index (χ2v) is 6.78. The van der Waals surface area contributed by atoms with Gasteiger partial charge in [0.25, 0.3) is 0 Å². The first-order valence-corrected chi connectivity index (χ1v) is 9.00. The van der Waals surface area contributed by atoms with E-state index in [4.69, 9.17) is 0 Å². The molecule has 4 nitrogen and oxygen atoms in total. The van der Waals surface area contributed by atoms with Gasteiger partial charge in [0.15, 0.2) is 0 Å². The summed E-state index contributed by atoms with van der Waals surface area (Å²) in [4.78, 5) is 14.5. The van der Waals surface area contributed by atoms with Gasteiger partial charge >= 0.3 is 0 Å². The molecule has 1 aliphatic heterocycles. The molecule has 5 heteroatoms. The summed E-state index contributed by atoms with van der Waals surface area (Å²) in [6, 6.07) is 0.436. The third kappa shape index (κ3) is 7.30. The average molecular weight is 332 g/mol. The monoisotopic (exact) mass is 331 g/mol. The van der Waals surface area contributed by atoms with Crippen LogP contribution in [0.25, 0.3) is 0 Å². The number of nitrogens with one attached hydrogen (secondary N) is 2. The van der Waals surface area contributed by atoms with Gasteiger partial charge in [0, 0.05) is 6.04 Å². The van der Waals surface area contributed by atoms with E-state index in [1.807, 2.05) is 0 Å². The number of hydrogen-bond acceptors (Lipinski definition) is 3. The van der Waals surface area contributed by atoms with Crippen molar-refractivity contribution in [2.75, 3.05) is 32.7 Å². The highest BCUT2D eigenvalue weighted by molar-refractivity contribution is 5.85. The van der Waals surface area contributed by atoms with Gasteiger partial charge in [-0.15, -0.1) is 12.4 Å². The molecule has 2 rings (SSSR count). The van der Waals surface area contributed by atoms with Crippen LogP contribution < -0.4 is 10.6 Å². The molecule has 0 aromatic carbocycles. The first-order chi connectivity index (χ1) is 10.3. The van der Waals surface area contributed by atoms with E-state index in [-0.39, 0.29) is 18.3 Å². The molecule has 130 valence electrons. The van der Waals surface area contributed by atoms with Gasteiger partial charge in [-0.25, -0.2) is 0 Å². The molecule has 0 aromatic rings. The van der Waals surface area contributed by atoms with Gasteiger partial charge in [0.1, 0.15) is 0 Å². The summed E-state index contributed by atoms with van der Waals surface area (Å²) in [5, 5.41) is 6.69. The van der Waals surface area contributed by atoms with E-state index in [1.54, 1.807) is 0 Å². The second kappa shape index (κ2) is 11.3. The normalized spacial score (nSPS) is 21.9. The maximum atomic E-state index is 12.2. The minimum absolute atomic E-state index is 0. The molecule has 2 N–H and O–H groups in total. The molecule has 1 amide bonds. The highest BCUT2D eigenvalue weighted by atomic mass is 35.5. The zero-order chi connectivity index (χ0) is 14.9. The number of nitrogens with zero attached hydrogens (tertiary/aromatic N) is 1. The maximum absolute atomic E-state index is 12.2. The zero-order valence-corrected chi connectivity index (χ0v) is 14.9. The van der Waals surface area contributed by atoms with E-state index in [0.717, 1.165) is 32.1 Å². The summed E-state index contributed by atoms with van der Waals surface area (Å²) in [5.74, 6) is 1.04. The first kappa shape index (κ1) is 19.7. The van der Waals surface area contributed by atoms with Crippen LogP contribution in [0, 0.1) is 5.92 Å². The van der Waals surface area contributed by atoms with Crippen LogP contribution in [0.5, 0.6) is 0 Å². The summed E-state index contributed by atoms with van der Waals surface area (Å²) in [6.07, 6.45) is 10.0. The summed E-state index contributed by atoms with van der Waals surface area (Å²) in [5.41, 5.74) is 0. The highest BCUT2D eigenvalue weighted by Gasteiger charge is 2.21.